The van der Waals surface area contributed by atoms with Gasteiger partial charge in [0, 0.05) is 24.6 Å². The fourth-order valence-corrected chi connectivity index (χ4v) is 1.26. The summed E-state index contributed by atoms with van der Waals surface area (Å²) in [6.07, 6.45) is 0.285. The molecule has 0 radical (unpaired) electrons. The fraction of sp³-hybridized carbons (Fsp3) is 0.333. The first-order chi connectivity index (χ1) is 8.02. The topological polar surface area (TPSA) is 55.4 Å². The summed E-state index contributed by atoms with van der Waals surface area (Å²) in [5.74, 6) is -0.797. The van der Waals surface area contributed by atoms with Crippen molar-refractivity contribution in [3.8, 4) is 5.75 Å². The zero-order valence-corrected chi connectivity index (χ0v) is 9.75. The molecule has 1 aromatic carbocycles. The normalized spacial score (nSPS) is 9.82. The number of anilines is 1. The van der Waals surface area contributed by atoms with Crippen LogP contribution in [0.2, 0.25) is 0 Å². The van der Waals surface area contributed by atoms with Gasteiger partial charge in [0.2, 0.25) is 5.91 Å². The smallest absolute Gasteiger partial charge is 0.224 e. The number of hydrogen-bond donors (Lipinski definition) is 1. The van der Waals surface area contributed by atoms with Crippen LogP contribution >= 0.6 is 0 Å². The quantitative estimate of drug-likeness (QED) is 0.856. The Morgan fingerprint density at radius 2 is 2.06 bits per heavy atom. The minimum atomic E-state index is -0.545. The van der Waals surface area contributed by atoms with Crippen LogP contribution in [0.5, 0.6) is 5.75 Å². The van der Waals surface area contributed by atoms with Crippen molar-refractivity contribution in [2.75, 3.05) is 12.4 Å². The molecule has 0 aliphatic heterocycles. The van der Waals surface area contributed by atoms with Crippen LogP contribution in [0.15, 0.2) is 18.2 Å². The first-order valence-electron chi connectivity index (χ1n) is 5.15. The highest BCUT2D eigenvalue weighted by Gasteiger charge is 2.07. The Kier molecular flexibility index (Phi) is 4.63. The van der Waals surface area contributed by atoms with Crippen molar-refractivity contribution in [1.29, 1.82) is 0 Å². The van der Waals surface area contributed by atoms with Crippen molar-refractivity contribution in [3.63, 3.8) is 0 Å². The molecule has 0 unspecified atom stereocenters. The maximum absolute atomic E-state index is 13.3. The Bertz CT molecular complexity index is 432. The first-order valence-corrected chi connectivity index (χ1v) is 5.15. The first kappa shape index (κ1) is 13.2. The van der Waals surface area contributed by atoms with E-state index in [1.54, 1.807) is 0 Å². The van der Waals surface area contributed by atoms with Crippen LogP contribution in [-0.4, -0.2) is 18.8 Å². The molecule has 1 N–H and O–H groups in total. The van der Waals surface area contributed by atoms with E-state index >= 15 is 0 Å². The summed E-state index contributed by atoms with van der Waals surface area (Å²) in [4.78, 5) is 22.0. The summed E-state index contributed by atoms with van der Waals surface area (Å²) < 4.78 is 18.0. The highest BCUT2D eigenvalue weighted by Crippen LogP contribution is 2.20. The van der Waals surface area contributed by atoms with Crippen molar-refractivity contribution >= 4 is 17.4 Å². The van der Waals surface area contributed by atoms with Crippen LogP contribution < -0.4 is 10.1 Å². The van der Waals surface area contributed by atoms with E-state index in [0.29, 0.717) is 5.69 Å². The molecular formula is C12H14FNO3. The van der Waals surface area contributed by atoms with Crippen LogP contribution in [0.3, 0.4) is 0 Å². The Morgan fingerprint density at radius 3 is 2.59 bits per heavy atom. The summed E-state index contributed by atoms with van der Waals surface area (Å²) in [6, 6.07) is 4.13. The zero-order valence-electron chi connectivity index (χ0n) is 9.75. The number of carbonyl (C=O) groups is 2. The van der Waals surface area contributed by atoms with E-state index in [1.165, 1.54) is 32.2 Å². The van der Waals surface area contributed by atoms with Crippen molar-refractivity contribution < 1.29 is 18.7 Å². The maximum Gasteiger partial charge on any atom is 0.224 e. The third-order valence-corrected chi connectivity index (χ3v) is 2.14. The molecule has 0 aromatic heterocycles. The largest absolute Gasteiger partial charge is 0.494 e. The van der Waals surface area contributed by atoms with Crippen LogP contribution in [0.4, 0.5) is 10.1 Å². The van der Waals surface area contributed by atoms with Crippen molar-refractivity contribution in [2.24, 2.45) is 0 Å². The zero-order chi connectivity index (χ0) is 12.8. The van der Waals surface area contributed by atoms with Gasteiger partial charge in [0.05, 0.1) is 7.11 Å². The molecule has 17 heavy (non-hydrogen) atoms. The van der Waals surface area contributed by atoms with Gasteiger partial charge in [-0.25, -0.2) is 4.39 Å². The lowest BCUT2D eigenvalue weighted by atomic mass is 10.2. The lowest BCUT2D eigenvalue weighted by Crippen LogP contribution is -2.12. The van der Waals surface area contributed by atoms with E-state index < -0.39 is 5.82 Å². The van der Waals surface area contributed by atoms with Crippen LogP contribution in [-0.2, 0) is 9.59 Å². The SMILES string of the molecule is COc1ccc(NC(=O)CCC(C)=O)cc1F. The molecule has 1 amide bonds. The second-order valence-corrected chi connectivity index (χ2v) is 3.60. The van der Waals surface area contributed by atoms with Gasteiger partial charge in [-0.3, -0.25) is 4.79 Å². The number of halogens is 1. The van der Waals surface area contributed by atoms with Gasteiger partial charge in [0.1, 0.15) is 5.78 Å². The summed E-state index contributed by atoms with van der Waals surface area (Å²) >= 11 is 0. The molecule has 5 heteroatoms. The van der Waals surface area contributed by atoms with E-state index in [2.05, 4.69) is 5.32 Å². The van der Waals surface area contributed by atoms with Gasteiger partial charge in [0.15, 0.2) is 11.6 Å². The van der Waals surface area contributed by atoms with Crippen LogP contribution in [0.25, 0.3) is 0 Å². The van der Waals surface area contributed by atoms with Crippen molar-refractivity contribution in [1.82, 2.24) is 0 Å². The molecule has 92 valence electrons. The molecule has 0 saturated heterocycles. The van der Waals surface area contributed by atoms with E-state index in [1.807, 2.05) is 0 Å². The third-order valence-electron chi connectivity index (χ3n) is 2.14. The van der Waals surface area contributed by atoms with Gasteiger partial charge in [-0.05, 0) is 19.1 Å². The fourth-order valence-electron chi connectivity index (χ4n) is 1.26. The van der Waals surface area contributed by atoms with E-state index in [0.717, 1.165) is 0 Å². The van der Waals surface area contributed by atoms with Crippen LogP contribution in [0.1, 0.15) is 19.8 Å². The number of hydrogen-bond acceptors (Lipinski definition) is 3. The van der Waals surface area contributed by atoms with Crippen molar-refractivity contribution in [2.45, 2.75) is 19.8 Å². The maximum atomic E-state index is 13.3. The number of rotatable bonds is 5. The second kappa shape index (κ2) is 5.98. The van der Waals surface area contributed by atoms with Gasteiger partial charge < -0.3 is 14.8 Å². The molecule has 0 fully saturated rings. The Labute approximate surface area is 98.8 Å². The van der Waals surface area contributed by atoms with Crippen molar-refractivity contribution in [3.05, 3.63) is 24.0 Å². The molecule has 0 spiro atoms. The minimum absolute atomic E-state index is 0.0546. The number of ketones is 1. The average Bonchev–Trinajstić information content (AvgIpc) is 2.26. The lowest BCUT2D eigenvalue weighted by Gasteiger charge is -2.06. The van der Waals surface area contributed by atoms with Gasteiger partial charge in [-0.2, -0.15) is 0 Å². The average molecular weight is 239 g/mol. The molecular weight excluding hydrogens is 225 g/mol. The predicted molar refractivity (Wildman–Crippen MR) is 61.5 cm³/mol. The molecule has 0 atom stereocenters. The summed E-state index contributed by atoms with van der Waals surface area (Å²) in [5, 5.41) is 2.50. The standard InChI is InChI=1S/C12H14FNO3/c1-8(15)3-6-12(16)14-9-4-5-11(17-2)10(13)7-9/h4-5,7H,3,6H2,1-2H3,(H,14,16). The third kappa shape index (κ3) is 4.22. The predicted octanol–water partition coefficient (Wildman–Crippen LogP) is 2.14. The molecule has 4 nitrogen and oxygen atoms in total. The number of carbonyl (C=O) groups excluding carboxylic acids is 2. The molecule has 0 heterocycles. The molecule has 0 bridgehead atoms. The van der Waals surface area contributed by atoms with E-state index in [9.17, 15) is 14.0 Å². The van der Waals surface area contributed by atoms with Gasteiger partial charge in [-0.15, -0.1) is 0 Å². The number of amides is 1. The number of methoxy groups -OCH3 is 1. The molecule has 1 rings (SSSR count). The Morgan fingerprint density at radius 1 is 1.35 bits per heavy atom. The van der Waals surface area contributed by atoms with Gasteiger partial charge >= 0.3 is 0 Å². The summed E-state index contributed by atoms with van der Waals surface area (Å²) in [5.41, 5.74) is 0.344. The van der Waals surface area contributed by atoms with Crippen LogP contribution in [0, 0.1) is 5.82 Å². The monoisotopic (exact) mass is 239 g/mol. The summed E-state index contributed by atoms with van der Waals surface area (Å²) in [6.45, 7) is 1.42. The second-order valence-electron chi connectivity index (χ2n) is 3.60. The van der Waals surface area contributed by atoms with E-state index in [4.69, 9.17) is 4.74 Å². The Balaban J connectivity index is 2.60. The summed E-state index contributed by atoms with van der Waals surface area (Å²) in [7, 11) is 1.36. The number of Topliss-reactive ketones (excluding diaryl/α,β-unsaturated/α-hetero) is 1. The van der Waals surface area contributed by atoms with Gasteiger partial charge in [0.25, 0.3) is 0 Å². The molecule has 0 aliphatic rings. The molecule has 0 aliphatic carbocycles. The highest BCUT2D eigenvalue weighted by molar-refractivity contribution is 5.93. The number of ether oxygens (including phenoxy) is 1. The van der Waals surface area contributed by atoms with E-state index in [-0.39, 0.29) is 30.3 Å². The molecule has 0 saturated carbocycles. The number of nitrogens with one attached hydrogen (secondary N) is 1. The highest BCUT2D eigenvalue weighted by atomic mass is 19.1. The Hall–Kier alpha value is -1.91. The molecule has 1 aromatic rings. The van der Waals surface area contributed by atoms with Gasteiger partial charge in [-0.1, -0.05) is 0 Å². The lowest BCUT2D eigenvalue weighted by molar-refractivity contribution is -0.121. The minimum Gasteiger partial charge on any atom is -0.494 e. The number of benzene rings is 1.